The zero-order chi connectivity index (χ0) is 22.5. The first kappa shape index (κ1) is 22.3. The molecule has 0 heterocycles. The summed E-state index contributed by atoms with van der Waals surface area (Å²) in [5.74, 6) is -2.02. The summed E-state index contributed by atoms with van der Waals surface area (Å²) in [6.07, 6.45) is 0.0972. The third-order valence-electron chi connectivity index (χ3n) is 3.46. The molecule has 0 saturated carbocycles. The molecule has 7 nitrogen and oxygen atoms in total. The van der Waals surface area contributed by atoms with Gasteiger partial charge in [0.25, 0.3) is 0 Å². The molecule has 1 rings (SSSR count). The van der Waals surface area contributed by atoms with Gasteiger partial charge in [-0.2, -0.15) is 21.6 Å². The fourth-order valence-electron chi connectivity index (χ4n) is 2.21. The van der Waals surface area contributed by atoms with Crippen molar-refractivity contribution in [3.05, 3.63) is 23.8 Å². The number of hydrogen-bond acceptors (Lipinski definition) is 7. The second kappa shape index (κ2) is 8.99. The number of methoxy groups -OCH3 is 1. The van der Waals surface area contributed by atoms with Crippen LogP contribution >= 0.6 is 0 Å². The van der Waals surface area contributed by atoms with Crippen LogP contribution in [0.3, 0.4) is 0 Å². The molecule has 0 spiro atoms. The number of halogens is 3. The van der Waals surface area contributed by atoms with Gasteiger partial charge in [0, 0.05) is 18.9 Å². The normalized spacial score (nSPS) is 14.2. The predicted molar refractivity (Wildman–Crippen MR) is 93.5 cm³/mol. The highest BCUT2D eigenvalue weighted by Crippen LogP contribution is 2.36. The summed E-state index contributed by atoms with van der Waals surface area (Å²) in [4.78, 5) is 11.9. The van der Waals surface area contributed by atoms with Gasteiger partial charge >= 0.3 is 21.6 Å². The summed E-state index contributed by atoms with van der Waals surface area (Å²) in [5.41, 5.74) is -6.01. The van der Waals surface area contributed by atoms with E-state index in [0.29, 0.717) is 5.56 Å². The number of benzene rings is 1. The van der Waals surface area contributed by atoms with Crippen LogP contribution < -0.4 is 8.92 Å². The summed E-state index contributed by atoms with van der Waals surface area (Å²) in [6.45, 7) is 4.90. The molecular formula is C17H23F3O7S. The van der Waals surface area contributed by atoms with E-state index in [0.717, 1.165) is 13.2 Å². The molecule has 0 unspecified atom stereocenters. The number of carbonyl (C=O) groups is 1. The van der Waals surface area contributed by atoms with Crippen molar-refractivity contribution in [2.45, 2.75) is 50.6 Å². The van der Waals surface area contributed by atoms with Crippen LogP contribution in [0.15, 0.2) is 18.2 Å². The number of rotatable bonds is 9. The number of esters is 1. The second-order valence-corrected chi connectivity index (χ2v) is 8.42. The van der Waals surface area contributed by atoms with Gasteiger partial charge < -0.3 is 18.8 Å². The lowest BCUT2D eigenvalue weighted by atomic mass is 9.94. The maximum atomic E-state index is 12.6. The molecule has 0 aliphatic carbocycles. The molecule has 0 fully saturated rings. The topological polar surface area (TPSA) is 99.1 Å². The minimum atomic E-state index is -5.91. The van der Waals surface area contributed by atoms with Gasteiger partial charge in [0.15, 0.2) is 11.5 Å². The van der Waals surface area contributed by atoms with E-state index in [-0.39, 0.29) is 25.2 Å². The zero-order valence-electron chi connectivity index (χ0n) is 16.8. The maximum Gasteiger partial charge on any atom is 0.534 e. The molecule has 1 atom stereocenters. The van der Waals surface area contributed by atoms with Crippen molar-refractivity contribution in [2.24, 2.45) is 0 Å². The summed E-state index contributed by atoms with van der Waals surface area (Å²) in [6, 6.07) is 3.71. The van der Waals surface area contributed by atoms with E-state index in [9.17, 15) is 26.4 Å². The molecule has 1 aromatic rings. The third kappa shape index (κ3) is 6.86. The van der Waals surface area contributed by atoms with E-state index >= 15 is 0 Å². The molecule has 1 aromatic carbocycles. The summed E-state index contributed by atoms with van der Waals surface area (Å²) in [5, 5.41) is 4.37. The highest BCUT2D eigenvalue weighted by Gasteiger charge is 2.49. The lowest BCUT2D eigenvalue weighted by molar-refractivity contribution is -0.155. The highest BCUT2D eigenvalue weighted by atomic mass is 32.2. The quantitative estimate of drug-likeness (QED) is 0.365. The van der Waals surface area contributed by atoms with E-state index in [1.54, 1.807) is 20.8 Å². The van der Waals surface area contributed by atoms with Gasteiger partial charge in [-0.1, -0.05) is 6.07 Å². The standard InChI is InChI=1S/C17H23F3O7S/c1-16(2,3)26-15(22)8-6-12(10-21)11-5-7-13(25-4)14(9-11)27-28(23,24)17(18,19)20/h5,7,9,12,21H,6,8,10H2,1-4H3/t12-/m1/s1/i21T. The van der Waals surface area contributed by atoms with E-state index in [4.69, 9.17) is 10.9 Å². The van der Waals surface area contributed by atoms with Crippen molar-refractivity contribution in [1.82, 2.24) is 0 Å². The van der Waals surface area contributed by atoms with Crippen molar-refractivity contribution in [3.63, 3.8) is 0 Å². The number of alkyl halides is 3. The van der Waals surface area contributed by atoms with Gasteiger partial charge in [-0.25, -0.2) is 0 Å². The number of ether oxygens (including phenoxy) is 2. The van der Waals surface area contributed by atoms with Crippen molar-refractivity contribution in [3.8, 4) is 11.5 Å². The molecule has 0 aliphatic rings. The minimum absolute atomic E-state index is 0.0473. The summed E-state index contributed by atoms with van der Waals surface area (Å²) in [7, 11) is -4.77. The fraction of sp³-hybridized carbons (Fsp3) is 0.588. The molecule has 0 amide bonds. The molecule has 1 N–H and O–H groups in total. The monoisotopic (exact) mass is 430 g/mol. The van der Waals surface area contributed by atoms with Crippen LogP contribution in [0.2, 0.25) is 0 Å². The van der Waals surface area contributed by atoms with Gasteiger partial charge in [0.2, 0.25) is 1.43 Å². The Bertz CT molecular complexity index is 804. The van der Waals surface area contributed by atoms with Gasteiger partial charge in [0.1, 0.15) is 5.60 Å². The van der Waals surface area contributed by atoms with Gasteiger partial charge in [-0.05, 0) is 44.9 Å². The Hall–Kier alpha value is -2.01. The average Bonchev–Trinajstić information content (AvgIpc) is 2.55. The Morgan fingerprint density at radius 3 is 2.39 bits per heavy atom. The van der Waals surface area contributed by atoms with Crippen LogP contribution in [0.25, 0.3) is 0 Å². The molecule has 0 aliphatic heterocycles. The van der Waals surface area contributed by atoms with Crippen LogP contribution in [0.5, 0.6) is 11.5 Å². The smallest absolute Gasteiger partial charge is 0.493 e. The number of hydrogen-bond donors (Lipinski definition) is 1. The molecular weight excluding hydrogens is 405 g/mol. The molecule has 0 aromatic heterocycles. The Morgan fingerprint density at radius 1 is 1.25 bits per heavy atom. The van der Waals surface area contributed by atoms with E-state index in [1.165, 1.54) is 12.1 Å². The van der Waals surface area contributed by atoms with E-state index in [2.05, 4.69) is 9.29 Å². The highest BCUT2D eigenvalue weighted by molar-refractivity contribution is 7.88. The van der Waals surface area contributed by atoms with Crippen LogP contribution in [0.1, 0.15) is 45.1 Å². The number of aliphatic hydroxyl groups is 1. The molecule has 0 saturated heterocycles. The first-order chi connectivity index (χ1) is 13.2. The van der Waals surface area contributed by atoms with E-state index < -0.39 is 38.9 Å². The van der Waals surface area contributed by atoms with Crippen LogP contribution in [-0.2, 0) is 19.6 Å². The lowest BCUT2D eigenvalue weighted by Crippen LogP contribution is -2.28. The van der Waals surface area contributed by atoms with Crippen molar-refractivity contribution in [2.75, 3.05) is 13.7 Å². The van der Waals surface area contributed by atoms with Crippen LogP contribution in [0.4, 0.5) is 13.2 Å². The van der Waals surface area contributed by atoms with Crippen molar-refractivity contribution >= 4 is 16.1 Å². The fourth-order valence-corrected chi connectivity index (χ4v) is 2.67. The first-order valence-corrected chi connectivity index (χ1v) is 9.59. The van der Waals surface area contributed by atoms with Crippen molar-refractivity contribution in [1.29, 1.82) is 1.43 Å². The second-order valence-electron chi connectivity index (χ2n) is 6.88. The largest absolute Gasteiger partial charge is 0.534 e. The van der Waals surface area contributed by atoms with Crippen LogP contribution in [0, 0.1) is 0 Å². The summed E-state index contributed by atoms with van der Waals surface area (Å²) < 4.78 is 81.7. The molecule has 0 bridgehead atoms. The Morgan fingerprint density at radius 2 is 1.89 bits per heavy atom. The first-order valence-electron chi connectivity index (χ1n) is 8.59. The Balaban J connectivity index is 3.11. The van der Waals surface area contributed by atoms with Gasteiger partial charge in [0.05, 0.1) is 7.11 Å². The third-order valence-corrected chi connectivity index (χ3v) is 4.43. The van der Waals surface area contributed by atoms with Gasteiger partial charge in [-0.3, -0.25) is 4.79 Å². The van der Waals surface area contributed by atoms with Gasteiger partial charge in [-0.15, -0.1) is 0 Å². The molecule has 11 heteroatoms. The summed E-state index contributed by atoms with van der Waals surface area (Å²) >= 11 is 0. The Labute approximate surface area is 163 Å². The zero-order valence-corrected chi connectivity index (χ0v) is 16.6. The lowest BCUT2D eigenvalue weighted by Gasteiger charge is -2.21. The Kier molecular flexibility index (Phi) is 7.16. The average molecular weight is 430 g/mol. The van der Waals surface area contributed by atoms with Crippen molar-refractivity contribution < 1.29 is 45.1 Å². The SMILES string of the molecule is [3H]OC[C@@H](CCC(=O)OC(C)(C)C)c1ccc(OC)c(OS(=O)(=O)C(F)(F)F)c1. The predicted octanol–water partition coefficient (Wildman–Crippen LogP) is 3.12. The number of aliphatic hydroxyl groups excluding tert-OH is 1. The molecule has 160 valence electrons. The van der Waals surface area contributed by atoms with E-state index in [1.807, 2.05) is 0 Å². The van der Waals surface area contributed by atoms with Crippen LogP contribution in [-0.4, -0.2) is 45.8 Å². The molecule has 28 heavy (non-hydrogen) atoms. The minimum Gasteiger partial charge on any atom is -0.493 e. The maximum absolute atomic E-state index is 12.6. The number of carbonyl (C=O) groups excluding carboxylic acids is 1. The molecule has 0 radical (unpaired) electrons.